The quantitative estimate of drug-likeness (QED) is 0.181. The molecule has 0 aliphatic rings. The second-order valence-corrected chi connectivity index (χ2v) is 4.10. The van der Waals surface area contributed by atoms with Gasteiger partial charge in [-0.05, 0) is 30.7 Å². The maximum Gasteiger partial charge on any atom is 0.170 e. The number of benzene rings is 1. The van der Waals surface area contributed by atoms with E-state index in [9.17, 15) is 0 Å². The molecule has 106 valence electrons. The van der Waals surface area contributed by atoms with Crippen molar-refractivity contribution in [3.63, 3.8) is 0 Å². The molecule has 0 saturated heterocycles. The molecule has 0 bridgehead atoms. The maximum absolute atomic E-state index is 9.00. The molecule has 5 N–H and O–H groups in total. The van der Waals surface area contributed by atoms with Crippen LogP contribution < -0.4 is 15.8 Å². The SMILES string of the molecule is CCC(CO)NCCOc1ccc(C(N)=NO)cc1. The largest absolute Gasteiger partial charge is 0.492 e. The summed E-state index contributed by atoms with van der Waals surface area (Å²) < 4.78 is 5.53. The van der Waals surface area contributed by atoms with Crippen molar-refractivity contribution < 1.29 is 15.1 Å². The van der Waals surface area contributed by atoms with Crippen LogP contribution in [0.25, 0.3) is 0 Å². The number of ether oxygens (including phenoxy) is 1. The minimum Gasteiger partial charge on any atom is -0.492 e. The Morgan fingerprint density at radius 3 is 2.63 bits per heavy atom. The summed E-state index contributed by atoms with van der Waals surface area (Å²) in [6, 6.07) is 7.08. The van der Waals surface area contributed by atoms with Crippen molar-refractivity contribution in [1.82, 2.24) is 5.32 Å². The summed E-state index contributed by atoms with van der Waals surface area (Å²) in [4.78, 5) is 0. The van der Waals surface area contributed by atoms with Gasteiger partial charge in [-0.1, -0.05) is 12.1 Å². The normalized spacial score (nSPS) is 13.3. The Kier molecular flexibility index (Phi) is 6.70. The van der Waals surface area contributed by atoms with Gasteiger partial charge >= 0.3 is 0 Å². The lowest BCUT2D eigenvalue weighted by Crippen LogP contribution is -2.34. The number of aliphatic hydroxyl groups excluding tert-OH is 1. The number of hydrogen-bond donors (Lipinski definition) is 4. The third-order valence-electron chi connectivity index (χ3n) is 2.77. The topological polar surface area (TPSA) is 100 Å². The number of nitrogens with two attached hydrogens (primary N) is 1. The number of hydrogen-bond acceptors (Lipinski definition) is 5. The summed E-state index contributed by atoms with van der Waals surface area (Å²) in [5.41, 5.74) is 6.09. The van der Waals surface area contributed by atoms with Crippen molar-refractivity contribution in [2.24, 2.45) is 10.9 Å². The molecule has 1 atom stereocenters. The van der Waals surface area contributed by atoms with Gasteiger partial charge in [-0.25, -0.2) is 0 Å². The molecule has 1 unspecified atom stereocenters. The van der Waals surface area contributed by atoms with E-state index in [1.807, 2.05) is 6.92 Å². The highest BCUT2D eigenvalue weighted by atomic mass is 16.5. The standard InChI is InChI=1S/C13H21N3O3/c1-2-11(9-17)15-7-8-19-12-5-3-10(4-6-12)13(14)16-18/h3-6,11,15,17-18H,2,7-9H2,1H3,(H2,14,16). The molecule has 6 nitrogen and oxygen atoms in total. The second-order valence-electron chi connectivity index (χ2n) is 4.10. The molecule has 0 spiro atoms. The molecule has 19 heavy (non-hydrogen) atoms. The predicted octanol–water partition coefficient (Wildman–Crippen LogP) is 0.520. The smallest absolute Gasteiger partial charge is 0.170 e. The summed E-state index contributed by atoms with van der Waals surface area (Å²) in [7, 11) is 0. The third kappa shape index (κ3) is 5.15. The molecule has 1 aromatic carbocycles. The van der Waals surface area contributed by atoms with Crippen LogP contribution in [0.2, 0.25) is 0 Å². The fraction of sp³-hybridized carbons (Fsp3) is 0.462. The van der Waals surface area contributed by atoms with Crippen LogP contribution in [-0.2, 0) is 0 Å². The van der Waals surface area contributed by atoms with E-state index in [1.165, 1.54) is 0 Å². The minimum absolute atomic E-state index is 0.0713. The van der Waals surface area contributed by atoms with Crippen LogP contribution in [0, 0.1) is 0 Å². The number of amidine groups is 1. The van der Waals surface area contributed by atoms with Crippen molar-refractivity contribution in [3.8, 4) is 5.75 Å². The Labute approximate surface area is 112 Å². The van der Waals surface area contributed by atoms with E-state index in [-0.39, 0.29) is 18.5 Å². The molecule has 1 aromatic rings. The van der Waals surface area contributed by atoms with Crippen LogP contribution in [0.3, 0.4) is 0 Å². The molecular formula is C13H21N3O3. The van der Waals surface area contributed by atoms with Gasteiger partial charge in [0.05, 0.1) is 6.61 Å². The molecule has 0 aromatic heterocycles. The Morgan fingerprint density at radius 1 is 1.42 bits per heavy atom. The number of aliphatic hydroxyl groups is 1. The highest BCUT2D eigenvalue weighted by Gasteiger charge is 2.03. The lowest BCUT2D eigenvalue weighted by molar-refractivity contribution is 0.227. The molecule has 0 aliphatic carbocycles. The van der Waals surface area contributed by atoms with E-state index in [1.54, 1.807) is 24.3 Å². The number of oxime groups is 1. The summed E-state index contributed by atoms with van der Waals surface area (Å²) in [5, 5.41) is 23.6. The molecule has 6 heteroatoms. The maximum atomic E-state index is 9.00. The van der Waals surface area contributed by atoms with Crippen molar-refractivity contribution >= 4 is 5.84 Å². The van der Waals surface area contributed by atoms with E-state index in [2.05, 4.69) is 10.5 Å². The van der Waals surface area contributed by atoms with Gasteiger partial charge in [-0.2, -0.15) is 0 Å². The first kappa shape index (κ1) is 15.3. The molecule has 0 amide bonds. The van der Waals surface area contributed by atoms with E-state index in [4.69, 9.17) is 20.8 Å². The van der Waals surface area contributed by atoms with E-state index in [0.717, 1.165) is 6.42 Å². The Hall–Kier alpha value is -1.79. The van der Waals surface area contributed by atoms with E-state index < -0.39 is 0 Å². The van der Waals surface area contributed by atoms with Gasteiger partial charge in [0.2, 0.25) is 0 Å². The van der Waals surface area contributed by atoms with Crippen LogP contribution in [0.15, 0.2) is 29.4 Å². The Morgan fingerprint density at radius 2 is 2.11 bits per heavy atom. The van der Waals surface area contributed by atoms with Crippen molar-refractivity contribution in [2.75, 3.05) is 19.8 Å². The Bertz CT molecular complexity index is 389. The molecule has 0 heterocycles. The number of nitrogens with one attached hydrogen (secondary N) is 1. The average molecular weight is 267 g/mol. The highest BCUT2D eigenvalue weighted by molar-refractivity contribution is 5.97. The zero-order valence-corrected chi connectivity index (χ0v) is 11.0. The molecule has 0 aliphatic heterocycles. The average Bonchev–Trinajstić information content (AvgIpc) is 2.47. The fourth-order valence-corrected chi connectivity index (χ4v) is 1.55. The summed E-state index contributed by atoms with van der Waals surface area (Å²) >= 11 is 0. The van der Waals surface area contributed by atoms with E-state index in [0.29, 0.717) is 24.5 Å². The first-order valence-electron chi connectivity index (χ1n) is 6.26. The predicted molar refractivity (Wildman–Crippen MR) is 73.6 cm³/mol. The van der Waals surface area contributed by atoms with Crippen molar-refractivity contribution in [3.05, 3.63) is 29.8 Å². The van der Waals surface area contributed by atoms with Crippen LogP contribution in [0.5, 0.6) is 5.75 Å². The van der Waals surface area contributed by atoms with Crippen molar-refractivity contribution in [1.29, 1.82) is 0 Å². The van der Waals surface area contributed by atoms with Gasteiger partial charge in [0.15, 0.2) is 5.84 Å². The highest BCUT2D eigenvalue weighted by Crippen LogP contribution is 2.11. The lowest BCUT2D eigenvalue weighted by Gasteiger charge is -2.14. The zero-order chi connectivity index (χ0) is 14.1. The first-order chi connectivity index (χ1) is 9.21. The first-order valence-corrected chi connectivity index (χ1v) is 6.26. The van der Waals surface area contributed by atoms with Gasteiger partial charge in [-0.3, -0.25) is 0 Å². The second kappa shape index (κ2) is 8.34. The van der Waals surface area contributed by atoms with E-state index >= 15 is 0 Å². The van der Waals surface area contributed by atoms with Crippen LogP contribution in [-0.4, -0.2) is 41.9 Å². The van der Waals surface area contributed by atoms with Gasteiger partial charge in [0, 0.05) is 18.2 Å². The zero-order valence-electron chi connectivity index (χ0n) is 11.0. The summed E-state index contributed by atoms with van der Waals surface area (Å²) in [5.74, 6) is 0.787. The number of nitrogens with zero attached hydrogens (tertiary/aromatic N) is 1. The monoisotopic (exact) mass is 267 g/mol. The molecule has 0 saturated carbocycles. The van der Waals surface area contributed by atoms with Crippen LogP contribution >= 0.6 is 0 Å². The molecule has 0 radical (unpaired) electrons. The molecular weight excluding hydrogens is 246 g/mol. The third-order valence-corrected chi connectivity index (χ3v) is 2.77. The molecule has 0 fully saturated rings. The van der Waals surface area contributed by atoms with Gasteiger partial charge in [0.1, 0.15) is 12.4 Å². The van der Waals surface area contributed by atoms with Crippen molar-refractivity contribution in [2.45, 2.75) is 19.4 Å². The van der Waals surface area contributed by atoms with Gasteiger partial charge in [0.25, 0.3) is 0 Å². The summed E-state index contributed by atoms with van der Waals surface area (Å²) in [6.45, 7) is 3.33. The number of rotatable bonds is 8. The summed E-state index contributed by atoms with van der Waals surface area (Å²) in [6.07, 6.45) is 0.880. The fourth-order valence-electron chi connectivity index (χ4n) is 1.55. The van der Waals surface area contributed by atoms with Crippen LogP contribution in [0.4, 0.5) is 0 Å². The minimum atomic E-state index is 0.0713. The van der Waals surface area contributed by atoms with Gasteiger partial charge in [-0.15, -0.1) is 0 Å². The van der Waals surface area contributed by atoms with Gasteiger partial charge < -0.3 is 26.1 Å². The van der Waals surface area contributed by atoms with Crippen LogP contribution in [0.1, 0.15) is 18.9 Å². The lowest BCUT2D eigenvalue weighted by atomic mass is 10.2. The Balaban J connectivity index is 2.34. The molecule has 1 rings (SSSR count).